The van der Waals surface area contributed by atoms with Gasteiger partial charge < -0.3 is 30.1 Å². The van der Waals surface area contributed by atoms with Gasteiger partial charge in [-0.05, 0) is 5.56 Å². The van der Waals surface area contributed by atoms with Crippen molar-refractivity contribution >= 4 is 5.91 Å². The van der Waals surface area contributed by atoms with E-state index in [0.29, 0.717) is 0 Å². The maximum Gasteiger partial charge on any atom is 0.220 e. The predicted molar refractivity (Wildman–Crippen MR) is 74.2 cm³/mol. The van der Waals surface area contributed by atoms with Crippen LogP contribution >= 0.6 is 0 Å². The zero-order valence-electron chi connectivity index (χ0n) is 12.2. The van der Waals surface area contributed by atoms with Crippen LogP contribution in [0.2, 0.25) is 0 Å². The molecule has 1 amide bonds. The number of carbonyl (C=O) groups is 1. The SMILES string of the molecule is CC(=O)N(Cc1ccccc1)[C@@H]1[C@@H](O)[C@H](O)[C@@H](CO)O[C@@H]1[O-]. The van der Waals surface area contributed by atoms with Crippen molar-refractivity contribution in [1.82, 2.24) is 4.90 Å². The lowest BCUT2D eigenvalue weighted by Crippen LogP contribution is -2.68. The topological polar surface area (TPSA) is 113 Å². The van der Waals surface area contributed by atoms with Gasteiger partial charge in [-0.1, -0.05) is 30.3 Å². The number of benzene rings is 1. The molecule has 7 heteroatoms. The number of aliphatic hydroxyl groups is 3. The zero-order chi connectivity index (χ0) is 16.3. The molecule has 122 valence electrons. The van der Waals surface area contributed by atoms with Crippen molar-refractivity contribution < 1.29 is 30.0 Å². The summed E-state index contributed by atoms with van der Waals surface area (Å²) in [6.07, 6.45) is -5.82. The van der Waals surface area contributed by atoms with Gasteiger partial charge >= 0.3 is 0 Å². The third kappa shape index (κ3) is 3.45. The summed E-state index contributed by atoms with van der Waals surface area (Å²) in [4.78, 5) is 13.1. The molecule has 1 aliphatic heterocycles. The van der Waals surface area contributed by atoms with E-state index in [0.717, 1.165) is 5.56 Å². The molecule has 0 radical (unpaired) electrons. The summed E-state index contributed by atoms with van der Waals surface area (Å²) >= 11 is 0. The van der Waals surface area contributed by atoms with Gasteiger partial charge in [0.25, 0.3) is 0 Å². The Hall–Kier alpha value is -1.51. The fourth-order valence-electron chi connectivity index (χ4n) is 2.61. The minimum absolute atomic E-state index is 0.122. The van der Waals surface area contributed by atoms with Crippen LogP contribution in [-0.4, -0.2) is 63.4 Å². The summed E-state index contributed by atoms with van der Waals surface area (Å²) < 4.78 is 4.99. The third-order valence-electron chi connectivity index (χ3n) is 3.81. The first-order chi connectivity index (χ1) is 10.5. The molecule has 3 N–H and O–H groups in total. The van der Waals surface area contributed by atoms with Gasteiger partial charge in [0.2, 0.25) is 5.91 Å². The van der Waals surface area contributed by atoms with Gasteiger partial charge in [0.05, 0.1) is 12.6 Å². The second-order valence-corrected chi connectivity index (χ2v) is 5.33. The van der Waals surface area contributed by atoms with Crippen molar-refractivity contribution in [2.75, 3.05) is 6.61 Å². The molecule has 0 aliphatic carbocycles. The van der Waals surface area contributed by atoms with Gasteiger partial charge in [-0.3, -0.25) is 4.79 Å². The first kappa shape index (κ1) is 16.9. The Kier molecular flexibility index (Phi) is 5.49. The molecule has 2 rings (SSSR count). The minimum atomic E-state index is -1.75. The van der Waals surface area contributed by atoms with Crippen LogP contribution in [0.25, 0.3) is 0 Å². The van der Waals surface area contributed by atoms with Gasteiger partial charge in [-0.25, -0.2) is 0 Å². The monoisotopic (exact) mass is 310 g/mol. The molecule has 1 aromatic rings. The van der Waals surface area contributed by atoms with Crippen molar-refractivity contribution in [2.24, 2.45) is 0 Å². The average molecular weight is 310 g/mol. The van der Waals surface area contributed by atoms with Crippen molar-refractivity contribution in [3.8, 4) is 0 Å². The molecule has 1 heterocycles. The van der Waals surface area contributed by atoms with Gasteiger partial charge in [0.15, 0.2) is 0 Å². The molecule has 0 saturated carbocycles. The summed E-state index contributed by atoms with van der Waals surface area (Å²) in [5, 5.41) is 41.3. The number of aliphatic hydroxyl groups excluding tert-OH is 3. The average Bonchev–Trinajstić information content (AvgIpc) is 2.50. The number of hydrogen-bond donors (Lipinski definition) is 3. The predicted octanol–water partition coefficient (Wildman–Crippen LogP) is -1.80. The lowest BCUT2D eigenvalue weighted by atomic mass is 9.95. The molecule has 22 heavy (non-hydrogen) atoms. The smallest absolute Gasteiger partial charge is 0.220 e. The molecule has 5 atom stereocenters. The Morgan fingerprint density at radius 2 is 1.91 bits per heavy atom. The Labute approximate surface area is 128 Å². The lowest BCUT2D eigenvalue weighted by molar-refractivity contribution is -0.525. The first-order valence-corrected chi connectivity index (χ1v) is 7.05. The standard InChI is InChI=1S/C15H20NO6/c1-9(18)16(7-10-5-3-2-4-6-10)12-14(20)13(19)11(8-17)22-15(12)21/h2-6,11-15,17,19-20H,7-8H2,1H3/q-1/t11-,12-,13-,14-,15+/m1/s1. The largest absolute Gasteiger partial charge is 0.829 e. The van der Waals surface area contributed by atoms with Crippen molar-refractivity contribution in [2.45, 2.75) is 44.1 Å². The van der Waals surface area contributed by atoms with E-state index in [1.807, 2.05) is 6.07 Å². The van der Waals surface area contributed by atoms with Crippen LogP contribution in [0.15, 0.2) is 30.3 Å². The van der Waals surface area contributed by atoms with E-state index in [9.17, 15) is 20.1 Å². The summed E-state index contributed by atoms with van der Waals surface area (Å²) in [6.45, 7) is 0.825. The number of hydrogen-bond acceptors (Lipinski definition) is 6. The number of nitrogens with zero attached hydrogens (tertiary/aromatic N) is 1. The molecule has 1 fully saturated rings. The van der Waals surface area contributed by atoms with E-state index in [2.05, 4.69) is 0 Å². The van der Waals surface area contributed by atoms with Crippen molar-refractivity contribution in [3.05, 3.63) is 35.9 Å². The maximum absolute atomic E-state index is 12.1. The highest BCUT2D eigenvalue weighted by Crippen LogP contribution is 2.24. The fourth-order valence-corrected chi connectivity index (χ4v) is 2.61. The molecule has 0 unspecified atom stereocenters. The van der Waals surface area contributed by atoms with E-state index in [-0.39, 0.29) is 6.54 Å². The quantitative estimate of drug-likeness (QED) is 0.605. The van der Waals surface area contributed by atoms with E-state index in [4.69, 9.17) is 9.84 Å². The molecule has 0 spiro atoms. The second-order valence-electron chi connectivity index (χ2n) is 5.33. The molecule has 7 nitrogen and oxygen atoms in total. The van der Waals surface area contributed by atoms with E-state index in [1.54, 1.807) is 24.3 Å². The summed E-state index contributed by atoms with van der Waals surface area (Å²) in [5.41, 5.74) is 0.788. The first-order valence-electron chi connectivity index (χ1n) is 7.05. The minimum Gasteiger partial charge on any atom is -0.829 e. The van der Waals surface area contributed by atoms with Gasteiger partial charge in [-0.15, -0.1) is 0 Å². The van der Waals surface area contributed by atoms with E-state index in [1.165, 1.54) is 11.8 Å². The Balaban J connectivity index is 2.22. The molecule has 1 aromatic carbocycles. The number of amides is 1. The second kappa shape index (κ2) is 7.17. The highest BCUT2D eigenvalue weighted by atomic mass is 16.6. The highest BCUT2D eigenvalue weighted by Gasteiger charge is 2.43. The van der Waals surface area contributed by atoms with Crippen LogP contribution in [0.4, 0.5) is 0 Å². The van der Waals surface area contributed by atoms with Crippen molar-refractivity contribution in [1.29, 1.82) is 0 Å². The Morgan fingerprint density at radius 1 is 1.27 bits per heavy atom. The number of rotatable bonds is 4. The molecule has 0 bridgehead atoms. The van der Waals surface area contributed by atoms with Crippen LogP contribution < -0.4 is 5.11 Å². The van der Waals surface area contributed by atoms with Crippen LogP contribution in [0.3, 0.4) is 0 Å². The molecule has 0 aromatic heterocycles. The van der Waals surface area contributed by atoms with E-state index < -0.39 is 43.2 Å². The highest BCUT2D eigenvalue weighted by molar-refractivity contribution is 5.73. The normalized spacial score (nSPS) is 31.8. The third-order valence-corrected chi connectivity index (χ3v) is 3.81. The molecular weight excluding hydrogens is 290 g/mol. The van der Waals surface area contributed by atoms with Gasteiger partial charge in [0, 0.05) is 19.8 Å². The van der Waals surface area contributed by atoms with Gasteiger partial charge in [-0.2, -0.15) is 0 Å². The molecular formula is C15H20NO6-. The number of carbonyl (C=O) groups excluding carboxylic acids is 1. The van der Waals surface area contributed by atoms with Gasteiger partial charge in [0.1, 0.15) is 18.3 Å². The molecule has 1 saturated heterocycles. The summed E-state index contributed by atoms with van der Waals surface area (Å²) in [7, 11) is 0. The fraction of sp³-hybridized carbons (Fsp3) is 0.533. The summed E-state index contributed by atoms with van der Waals surface area (Å²) in [6, 6.07) is 7.78. The van der Waals surface area contributed by atoms with E-state index >= 15 is 0 Å². The van der Waals surface area contributed by atoms with Crippen LogP contribution in [-0.2, 0) is 16.1 Å². The zero-order valence-corrected chi connectivity index (χ0v) is 12.2. The lowest BCUT2D eigenvalue weighted by Gasteiger charge is -2.50. The van der Waals surface area contributed by atoms with Crippen LogP contribution in [0.5, 0.6) is 0 Å². The van der Waals surface area contributed by atoms with Crippen LogP contribution in [0, 0.1) is 0 Å². The van der Waals surface area contributed by atoms with Crippen molar-refractivity contribution in [3.63, 3.8) is 0 Å². The Morgan fingerprint density at radius 3 is 2.45 bits per heavy atom. The molecule has 1 aliphatic rings. The maximum atomic E-state index is 12.1. The Bertz CT molecular complexity index is 496. The number of ether oxygens (including phenoxy) is 1. The van der Waals surface area contributed by atoms with Crippen LogP contribution in [0.1, 0.15) is 12.5 Å². The summed E-state index contributed by atoms with van der Waals surface area (Å²) in [5.74, 6) is -0.410.